The average Bonchev–Trinajstić information content (AvgIpc) is 3.88. The SMILES string of the molecule is c1ccc(-c2ccc(N(c3ccc4c5ccccc5n(-c5cc(-c6ccccc6)cc(-c6cccc7c6oc6ccccc67)c5)c4c3)c3cccc4ccccc34)cc2)cc1. The minimum Gasteiger partial charge on any atom is -0.455 e. The van der Waals surface area contributed by atoms with Crippen molar-refractivity contribution in [1.82, 2.24) is 4.57 Å². The van der Waals surface area contributed by atoms with Crippen LogP contribution in [0.5, 0.6) is 0 Å². The molecule has 286 valence electrons. The number of furan rings is 1. The Morgan fingerprint density at radius 1 is 0.344 bits per heavy atom. The molecule has 0 aliphatic rings. The van der Waals surface area contributed by atoms with Gasteiger partial charge in [0, 0.05) is 49.6 Å². The van der Waals surface area contributed by atoms with Crippen LogP contribution in [0, 0.1) is 0 Å². The van der Waals surface area contributed by atoms with Crippen LogP contribution in [0.1, 0.15) is 0 Å². The van der Waals surface area contributed by atoms with Crippen molar-refractivity contribution < 1.29 is 4.42 Å². The van der Waals surface area contributed by atoms with Crippen molar-refractivity contribution in [2.24, 2.45) is 0 Å². The van der Waals surface area contributed by atoms with Crippen molar-refractivity contribution in [3.05, 3.63) is 231 Å². The van der Waals surface area contributed by atoms with E-state index in [1.165, 1.54) is 32.7 Å². The lowest BCUT2D eigenvalue weighted by Crippen LogP contribution is -2.10. The highest BCUT2D eigenvalue weighted by Crippen LogP contribution is 2.44. The van der Waals surface area contributed by atoms with E-state index in [1.807, 2.05) is 6.07 Å². The molecule has 0 spiro atoms. The monoisotopic (exact) mass is 778 g/mol. The van der Waals surface area contributed by atoms with Crippen molar-refractivity contribution in [3.8, 4) is 39.1 Å². The fourth-order valence-corrected chi connectivity index (χ4v) is 9.31. The van der Waals surface area contributed by atoms with Crippen molar-refractivity contribution in [2.45, 2.75) is 0 Å². The third kappa shape index (κ3) is 5.90. The molecule has 0 atom stereocenters. The van der Waals surface area contributed by atoms with Gasteiger partial charge < -0.3 is 13.9 Å². The van der Waals surface area contributed by atoms with Gasteiger partial charge in [-0.1, -0.05) is 170 Å². The molecule has 3 heteroatoms. The third-order valence-corrected chi connectivity index (χ3v) is 12.2. The molecule has 0 saturated carbocycles. The molecule has 10 aromatic carbocycles. The molecule has 2 aromatic heterocycles. The average molecular weight is 779 g/mol. The van der Waals surface area contributed by atoms with Gasteiger partial charge in [-0.3, -0.25) is 0 Å². The number of benzene rings is 10. The number of fused-ring (bicyclic) bond motifs is 7. The number of hydrogen-bond acceptors (Lipinski definition) is 2. The Hall–Kier alpha value is -8.14. The second-order valence-corrected chi connectivity index (χ2v) is 15.7. The van der Waals surface area contributed by atoms with Crippen LogP contribution in [0.2, 0.25) is 0 Å². The van der Waals surface area contributed by atoms with Crippen molar-refractivity contribution in [1.29, 1.82) is 0 Å². The first kappa shape index (κ1) is 34.9. The molecule has 0 bridgehead atoms. The molecule has 0 unspecified atom stereocenters. The summed E-state index contributed by atoms with van der Waals surface area (Å²) >= 11 is 0. The molecule has 12 rings (SSSR count). The number of para-hydroxylation sites is 3. The number of anilines is 3. The molecule has 0 amide bonds. The van der Waals surface area contributed by atoms with Gasteiger partial charge in [-0.15, -0.1) is 0 Å². The van der Waals surface area contributed by atoms with E-state index in [4.69, 9.17) is 4.42 Å². The lowest BCUT2D eigenvalue weighted by Gasteiger charge is -2.27. The number of nitrogens with zero attached hydrogens (tertiary/aromatic N) is 2. The minimum atomic E-state index is 0.893. The van der Waals surface area contributed by atoms with Crippen molar-refractivity contribution >= 4 is 71.6 Å². The zero-order valence-electron chi connectivity index (χ0n) is 33.2. The molecule has 3 nitrogen and oxygen atoms in total. The molecule has 0 radical (unpaired) electrons. The lowest BCUT2D eigenvalue weighted by atomic mass is 9.96. The molecule has 0 aliphatic carbocycles. The van der Waals surface area contributed by atoms with E-state index in [1.54, 1.807) is 0 Å². The summed E-state index contributed by atoms with van der Waals surface area (Å²) in [7, 11) is 0. The summed E-state index contributed by atoms with van der Waals surface area (Å²) in [4.78, 5) is 2.41. The second kappa shape index (κ2) is 14.3. The number of hydrogen-bond donors (Lipinski definition) is 0. The summed E-state index contributed by atoms with van der Waals surface area (Å²) in [6.45, 7) is 0. The highest BCUT2D eigenvalue weighted by molar-refractivity contribution is 6.12. The fourth-order valence-electron chi connectivity index (χ4n) is 9.31. The van der Waals surface area contributed by atoms with Gasteiger partial charge in [-0.2, -0.15) is 0 Å². The van der Waals surface area contributed by atoms with Crippen molar-refractivity contribution in [2.75, 3.05) is 4.90 Å². The number of rotatable bonds is 7. The summed E-state index contributed by atoms with van der Waals surface area (Å²) in [5, 5.41) is 7.04. The van der Waals surface area contributed by atoms with Crippen LogP contribution in [0.3, 0.4) is 0 Å². The Bertz CT molecular complexity index is 3580. The van der Waals surface area contributed by atoms with Crippen LogP contribution in [0.25, 0.3) is 93.6 Å². The molecular weight excluding hydrogens is 741 g/mol. The van der Waals surface area contributed by atoms with Gasteiger partial charge in [0.05, 0.1) is 16.7 Å². The topological polar surface area (TPSA) is 21.3 Å². The molecule has 0 saturated heterocycles. The third-order valence-electron chi connectivity index (χ3n) is 12.2. The smallest absolute Gasteiger partial charge is 0.143 e. The van der Waals surface area contributed by atoms with E-state index in [-0.39, 0.29) is 0 Å². The molecular formula is C58H38N2O. The van der Waals surface area contributed by atoms with Crippen LogP contribution in [-0.2, 0) is 0 Å². The van der Waals surface area contributed by atoms with Crippen LogP contribution >= 0.6 is 0 Å². The molecule has 2 heterocycles. The van der Waals surface area contributed by atoms with E-state index in [2.05, 4.69) is 234 Å². The molecule has 0 aliphatic heterocycles. The quantitative estimate of drug-likeness (QED) is 0.161. The maximum atomic E-state index is 6.63. The van der Waals surface area contributed by atoms with Gasteiger partial charge in [0.15, 0.2) is 0 Å². The Morgan fingerprint density at radius 3 is 1.75 bits per heavy atom. The Kier molecular flexibility index (Phi) is 8.17. The Morgan fingerprint density at radius 2 is 0.934 bits per heavy atom. The molecule has 12 aromatic rings. The van der Waals surface area contributed by atoms with Gasteiger partial charge >= 0.3 is 0 Å². The van der Waals surface area contributed by atoms with E-state index < -0.39 is 0 Å². The Balaban J connectivity index is 1.11. The number of aromatic nitrogens is 1. The highest BCUT2D eigenvalue weighted by Gasteiger charge is 2.21. The predicted molar refractivity (Wildman–Crippen MR) is 257 cm³/mol. The van der Waals surface area contributed by atoms with Gasteiger partial charge in [0.2, 0.25) is 0 Å². The minimum absolute atomic E-state index is 0.893. The summed E-state index contributed by atoms with van der Waals surface area (Å²) in [6.07, 6.45) is 0. The first-order valence-electron chi connectivity index (χ1n) is 20.8. The van der Waals surface area contributed by atoms with Crippen LogP contribution < -0.4 is 4.90 Å². The second-order valence-electron chi connectivity index (χ2n) is 15.7. The van der Waals surface area contributed by atoms with Crippen LogP contribution in [0.4, 0.5) is 17.1 Å². The maximum Gasteiger partial charge on any atom is 0.143 e. The summed E-state index contributed by atoms with van der Waals surface area (Å²) < 4.78 is 9.08. The zero-order valence-corrected chi connectivity index (χ0v) is 33.2. The van der Waals surface area contributed by atoms with Crippen molar-refractivity contribution in [3.63, 3.8) is 0 Å². The summed E-state index contributed by atoms with van der Waals surface area (Å²) in [6, 6.07) is 83.0. The fraction of sp³-hybridized carbons (Fsp3) is 0. The first-order valence-corrected chi connectivity index (χ1v) is 20.8. The van der Waals surface area contributed by atoms with E-state index >= 15 is 0 Å². The first-order chi connectivity index (χ1) is 30.2. The van der Waals surface area contributed by atoms with E-state index in [0.29, 0.717) is 0 Å². The molecule has 0 fully saturated rings. The van der Waals surface area contributed by atoms with Gasteiger partial charge in [0.25, 0.3) is 0 Å². The van der Waals surface area contributed by atoms with Crippen LogP contribution in [-0.4, -0.2) is 4.57 Å². The van der Waals surface area contributed by atoms with Gasteiger partial charge in [0.1, 0.15) is 11.2 Å². The van der Waals surface area contributed by atoms with Gasteiger partial charge in [-0.05, 0) is 93.9 Å². The van der Waals surface area contributed by atoms with Crippen LogP contribution in [0.15, 0.2) is 235 Å². The van der Waals surface area contributed by atoms with Gasteiger partial charge in [-0.25, -0.2) is 0 Å². The highest BCUT2D eigenvalue weighted by atomic mass is 16.3. The zero-order chi connectivity index (χ0) is 40.3. The summed E-state index contributed by atoms with van der Waals surface area (Å²) in [5.41, 5.74) is 15.3. The Labute approximate surface area is 353 Å². The van der Waals surface area contributed by atoms with E-state index in [0.717, 1.165) is 78.0 Å². The molecule has 61 heavy (non-hydrogen) atoms. The normalized spacial score (nSPS) is 11.6. The maximum absolute atomic E-state index is 6.63. The summed E-state index contributed by atoms with van der Waals surface area (Å²) in [5.74, 6) is 0. The lowest BCUT2D eigenvalue weighted by molar-refractivity contribution is 0.670. The largest absolute Gasteiger partial charge is 0.455 e. The predicted octanol–water partition coefficient (Wildman–Crippen LogP) is 16.3. The standard InChI is InChI=1S/C58H38N2O/c1-3-15-39(16-4-1)41-29-31-45(32-30-41)59(54-27-13-20-42-19-7-8-21-48(42)54)46-33-34-51-50-22-9-11-26-55(50)60(56(51)38-46)47-36-43(40-17-5-2-6-18-40)35-44(37-47)49-24-14-25-53-52-23-10-12-28-57(52)61-58(49)53/h1-38H. The molecule has 0 N–H and O–H groups in total. The van der Waals surface area contributed by atoms with E-state index in [9.17, 15) is 0 Å².